The van der Waals surface area contributed by atoms with Gasteiger partial charge in [-0.15, -0.1) is 0 Å². The van der Waals surface area contributed by atoms with Gasteiger partial charge in [-0.05, 0) is 36.5 Å². The lowest BCUT2D eigenvalue weighted by molar-refractivity contribution is 0.0325. The molecule has 0 spiro atoms. The van der Waals surface area contributed by atoms with Gasteiger partial charge < -0.3 is 4.74 Å². The Bertz CT molecular complexity index is 179. The van der Waals surface area contributed by atoms with Crippen LogP contribution >= 0.6 is 0 Å². The number of ether oxygens (including phenoxy) is 1. The lowest BCUT2D eigenvalue weighted by Gasteiger charge is -2.26. The van der Waals surface area contributed by atoms with E-state index >= 15 is 0 Å². The largest absolute Gasteiger partial charge is 0.382 e. The first-order chi connectivity index (χ1) is 5.66. The van der Waals surface area contributed by atoms with Gasteiger partial charge in [0.1, 0.15) is 0 Å². The maximum Gasteiger partial charge on any atom is 0.0606 e. The fourth-order valence-corrected chi connectivity index (χ4v) is 3.79. The predicted molar refractivity (Wildman–Crippen MR) is 54.3 cm³/mol. The van der Waals surface area contributed by atoms with Crippen molar-refractivity contribution in [3.63, 3.8) is 0 Å². The predicted octanol–water partition coefficient (Wildman–Crippen LogP) is 1.15. The molecule has 0 aliphatic heterocycles. The van der Waals surface area contributed by atoms with Gasteiger partial charge in [-0.1, -0.05) is 13.8 Å². The number of hydrogen-bond donors (Lipinski definition) is 0. The Morgan fingerprint density at radius 2 is 2.17 bits per heavy atom. The zero-order chi connectivity index (χ0) is 8.77. The molecule has 0 N–H and O–H groups in total. The molecular formula is C10H20OSi. The maximum absolute atomic E-state index is 5.83. The van der Waals surface area contributed by atoms with Gasteiger partial charge in [-0.3, -0.25) is 0 Å². The summed E-state index contributed by atoms with van der Waals surface area (Å²) in [5, 5.41) is 0. The second kappa shape index (κ2) is 2.84. The number of fused-ring (bicyclic) bond motifs is 2. The molecule has 3 unspecified atom stereocenters. The minimum absolute atomic E-state index is 0.585. The van der Waals surface area contributed by atoms with Gasteiger partial charge in [0.2, 0.25) is 0 Å². The van der Waals surface area contributed by atoms with Crippen LogP contribution in [-0.4, -0.2) is 22.6 Å². The highest BCUT2D eigenvalue weighted by Crippen LogP contribution is 2.58. The summed E-state index contributed by atoms with van der Waals surface area (Å²) in [6, 6.07) is 0. The molecule has 12 heavy (non-hydrogen) atoms. The minimum Gasteiger partial charge on any atom is -0.382 e. The van der Waals surface area contributed by atoms with Crippen LogP contribution in [0.5, 0.6) is 0 Å². The maximum atomic E-state index is 5.83. The Labute approximate surface area is 78.3 Å². The summed E-state index contributed by atoms with van der Waals surface area (Å²) in [5.41, 5.74) is 0.585. The average molecular weight is 184 g/mol. The molecule has 2 fully saturated rings. The molecule has 2 bridgehead atoms. The van der Waals surface area contributed by atoms with E-state index < -0.39 is 0 Å². The van der Waals surface area contributed by atoms with E-state index in [1.807, 2.05) is 0 Å². The molecule has 0 amide bonds. The second-order valence-electron chi connectivity index (χ2n) is 4.93. The molecule has 2 aliphatic carbocycles. The van der Waals surface area contributed by atoms with E-state index in [1.165, 1.54) is 29.5 Å². The molecule has 2 rings (SSSR count). The number of hydrogen-bond acceptors (Lipinski definition) is 1. The lowest BCUT2D eigenvalue weighted by atomic mass is 9.82. The molecular weight excluding hydrogens is 164 g/mol. The third-order valence-electron chi connectivity index (χ3n) is 4.18. The quantitative estimate of drug-likeness (QED) is 0.585. The molecule has 0 saturated heterocycles. The van der Waals surface area contributed by atoms with Crippen molar-refractivity contribution in [1.29, 1.82) is 0 Å². The van der Waals surface area contributed by atoms with Crippen molar-refractivity contribution in [2.24, 2.45) is 17.3 Å². The molecule has 2 saturated carbocycles. The van der Waals surface area contributed by atoms with Gasteiger partial charge in [-0.2, -0.15) is 0 Å². The van der Waals surface area contributed by atoms with E-state index in [-0.39, 0.29) is 0 Å². The van der Waals surface area contributed by atoms with Crippen molar-refractivity contribution in [3.05, 3.63) is 0 Å². The van der Waals surface area contributed by atoms with Crippen LogP contribution in [0.1, 0.15) is 33.1 Å². The summed E-state index contributed by atoms with van der Waals surface area (Å²) in [7, 11) is 1.19. The van der Waals surface area contributed by atoms with E-state index in [1.54, 1.807) is 0 Å². The Kier molecular flexibility index (Phi) is 2.08. The monoisotopic (exact) mass is 184 g/mol. The molecule has 0 radical (unpaired) electrons. The van der Waals surface area contributed by atoms with Crippen molar-refractivity contribution < 1.29 is 4.74 Å². The van der Waals surface area contributed by atoms with E-state index in [9.17, 15) is 0 Å². The molecule has 2 heteroatoms. The van der Waals surface area contributed by atoms with Crippen molar-refractivity contribution in [2.75, 3.05) is 6.23 Å². The van der Waals surface area contributed by atoms with Gasteiger partial charge in [0.05, 0.1) is 6.10 Å². The van der Waals surface area contributed by atoms with Gasteiger partial charge >= 0.3 is 0 Å². The SMILES string of the molecule is CC1(C)C2CCC1C(OC[SiH3])C2. The molecule has 0 aromatic heterocycles. The van der Waals surface area contributed by atoms with Crippen LogP contribution in [0.4, 0.5) is 0 Å². The number of rotatable bonds is 2. The average Bonchev–Trinajstić information content (AvgIpc) is 2.41. The van der Waals surface area contributed by atoms with Gasteiger partial charge in [0, 0.05) is 16.5 Å². The molecule has 0 aromatic carbocycles. The fourth-order valence-electron chi connectivity index (χ4n) is 3.36. The zero-order valence-electron chi connectivity index (χ0n) is 8.47. The Hall–Kier alpha value is 0.177. The van der Waals surface area contributed by atoms with E-state index in [2.05, 4.69) is 13.8 Å². The summed E-state index contributed by atoms with van der Waals surface area (Å²) < 4.78 is 5.83. The van der Waals surface area contributed by atoms with Crippen LogP contribution in [0.2, 0.25) is 0 Å². The highest BCUT2D eigenvalue weighted by molar-refractivity contribution is 6.08. The van der Waals surface area contributed by atoms with Crippen LogP contribution in [0, 0.1) is 17.3 Å². The van der Waals surface area contributed by atoms with Crippen LogP contribution in [0.25, 0.3) is 0 Å². The van der Waals surface area contributed by atoms with Crippen LogP contribution in [0.15, 0.2) is 0 Å². The molecule has 70 valence electrons. The highest BCUT2D eigenvalue weighted by Gasteiger charge is 2.53. The summed E-state index contributed by atoms with van der Waals surface area (Å²) in [5.74, 6) is 1.83. The fraction of sp³-hybridized carbons (Fsp3) is 1.00. The molecule has 0 aromatic rings. The van der Waals surface area contributed by atoms with Gasteiger partial charge in [-0.25, -0.2) is 0 Å². The van der Waals surface area contributed by atoms with Crippen molar-refractivity contribution in [2.45, 2.75) is 39.2 Å². The molecule has 1 nitrogen and oxygen atoms in total. The Balaban J connectivity index is 2.08. The minimum atomic E-state index is 0.585. The smallest absolute Gasteiger partial charge is 0.0606 e. The summed E-state index contributed by atoms with van der Waals surface area (Å²) >= 11 is 0. The first-order valence-corrected chi connectivity index (χ1v) is 6.69. The van der Waals surface area contributed by atoms with Crippen LogP contribution < -0.4 is 0 Å². The van der Waals surface area contributed by atoms with Crippen molar-refractivity contribution in [1.82, 2.24) is 0 Å². The van der Waals surface area contributed by atoms with E-state index in [0.717, 1.165) is 18.1 Å². The summed E-state index contributed by atoms with van der Waals surface area (Å²) in [6.07, 6.45) is 5.88. The molecule has 0 heterocycles. The van der Waals surface area contributed by atoms with Crippen LogP contribution in [-0.2, 0) is 4.74 Å². The van der Waals surface area contributed by atoms with Gasteiger partial charge in [0.15, 0.2) is 0 Å². The topological polar surface area (TPSA) is 9.23 Å². The summed E-state index contributed by atoms with van der Waals surface area (Å²) in [6.45, 7) is 4.87. The third-order valence-corrected chi connectivity index (χ3v) is 4.51. The lowest BCUT2D eigenvalue weighted by Crippen LogP contribution is -2.25. The van der Waals surface area contributed by atoms with Crippen molar-refractivity contribution >= 4 is 10.2 Å². The standard InChI is InChI=1S/C10H20OSi/c1-10(2)7-3-4-8(10)9(5-7)11-6-12/h7-9H,3-6H2,1-2,12H3. The Morgan fingerprint density at radius 1 is 1.42 bits per heavy atom. The van der Waals surface area contributed by atoms with E-state index in [4.69, 9.17) is 4.74 Å². The molecule has 2 aliphatic rings. The highest BCUT2D eigenvalue weighted by atomic mass is 28.1. The second-order valence-corrected chi connectivity index (χ2v) is 5.51. The van der Waals surface area contributed by atoms with E-state index in [0.29, 0.717) is 11.5 Å². The molecule has 3 atom stereocenters. The normalized spacial score (nSPS) is 44.0. The first-order valence-electron chi connectivity index (χ1n) is 5.28. The van der Waals surface area contributed by atoms with Crippen LogP contribution in [0.3, 0.4) is 0 Å². The first kappa shape index (κ1) is 8.76. The summed E-state index contributed by atoms with van der Waals surface area (Å²) in [4.78, 5) is 0. The zero-order valence-corrected chi connectivity index (χ0v) is 10.5. The third kappa shape index (κ3) is 1.08. The van der Waals surface area contributed by atoms with Crippen molar-refractivity contribution in [3.8, 4) is 0 Å². The van der Waals surface area contributed by atoms with Gasteiger partial charge in [0.25, 0.3) is 0 Å². The Morgan fingerprint density at radius 3 is 2.58 bits per heavy atom.